The summed E-state index contributed by atoms with van der Waals surface area (Å²) in [5.74, 6) is 3.75. The highest BCUT2D eigenvalue weighted by molar-refractivity contribution is 5.52. The number of fused-ring (bicyclic) bond motifs is 3. The Bertz CT molecular complexity index is 797. The molecule has 1 aromatic carbocycles. The maximum absolute atomic E-state index is 8.65. The van der Waals surface area contributed by atoms with Crippen molar-refractivity contribution < 1.29 is 33.5 Å². The van der Waals surface area contributed by atoms with Gasteiger partial charge in [-0.15, -0.1) is 0 Å². The predicted molar refractivity (Wildman–Crippen MR) is 149 cm³/mol. The average molecular weight is 537 g/mol. The van der Waals surface area contributed by atoms with Crippen LogP contribution < -0.4 is 9.47 Å². The molecule has 3 atom stereocenters. The normalized spacial score (nSPS) is 22.0. The largest absolute Gasteiger partial charge is 0.491 e. The van der Waals surface area contributed by atoms with Gasteiger partial charge in [-0.1, -0.05) is 33.1 Å². The summed E-state index contributed by atoms with van der Waals surface area (Å²) >= 11 is 0. The van der Waals surface area contributed by atoms with E-state index in [4.69, 9.17) is 33.5 Å². The van der Waals surface area contributed by atoms with E-state index in [0.717, 1.165) is 23.8 Å². The van der Waals surface area contributed by atoms with Crippen molar-refractivity contribution in [1.29, 1.82) is 0 Å². The monoisotopic (exact) mass is 536 g/mol. The van der Waals surface area contributed by atoms with Crippen molar-refractivity contribution in [2.45, 2.75) is 84.2 Å². The van der Waals surface area contributed by atoms with E-state index in [1.807, 2.05) is 0 Å². The summed E-state index contributed by atoms with van der Waals surface area (Å²) in [6.07, 6.45) is 8.38. The van der Waals surface area contributed by atoms with Gasteiger partial charge in [0, 0.05) is 11.5 Å². The highest BCUT2D eigenvalue weighted by atomic mass is 16.6. The van der Waals surface area contributed by atoms with Crippen LogP contribution in [0.25, 0.3) is 0 Å². The van der Waals surface area contributed by atoms with Gasteiger partial charge >= 0.3 is 0 Å². The van der Waals surface area contributed by atoms with E-state index in [-0.39, 0.29) is 12.2 Å². The molecule has 7 heteroatoms. The van der Waals surface area contributed by atoms with E-state index in [0.29, 0.717) is 71.3 Å². The Hall–Kier alpha value is -1.38. The van der Waals surface area contributed by atoms with Crippen LogP contribution in [0, 0.1) is 11.8 Å². The summed E-state index contributed by atoms with van der Waals surface area (Å²) in [5.41, 5.74) is 2.44. The Balaban J connectivity index is 1.48. The molecule has 0 bridgehead atoms. The highest BCUT2D eigenvalue weighted by Gasteiger charge is 2.47. The zero-order chi connectivity index (χ0) is 27.2. The SMILES string of the molecule is CCCCCc1cc(OCCOCCOCCOCCOCCO)c2c(c1)OC(C)(C)[C@@H]1CC[C@H](C)C[C@@H]21. The van der Waals surface area contributed by atoms with Crippen LogP contribution in [0.3, 0.4) is 0 Å². The van der Waals surface area contributed by atoms with Gasteiger partial charge in [-0.05, 0) is 69.1 Å². The predicted octanol–water partition coefficient (Wildman–Crippen LogP) is 5.55. The fraction of sp³-hybridized carbons (Fsp3) is 0.806. The van der Waals surface area contributed by atoms with Crippen molar-refractivity contribution in [1.82, 2.24) is 0 Å². The van der Waals surface area contributed by atoms with Gasteiger partial charge in [0.25, 0.3) is 0 Å². The lowest BCUT2D eigenvalue weighted by molar-refractivity contribution is -0.0159. The lowest BCUT2D eigenvalue weighted by Gasteiger charge is -2.49. The second kappa shape index (κ2) is 16.7. The minimum absolute atomic E-state index is 0.0365. The minimum atomic E-state index is -0.154. The molecule has 1 saturated carbocycles. The number of aryl methyl sites for hydroxylation is 1. The molecule has 3 rings (SSSR count). The third-order valence-corrected chi connectivity index (χ3v) is 7.82. The van der Waals surface area contributed by atoms with Gasteiger partial charge in [0.1, 0.15) is 23.7 Å². The third kappa shape index (κ3) is 9.67. The molecule has 38 heavy (non-hydrogen) atoms. The van der Waals surface area contributed by atoms with Crippen molar-refractivity contribution in [3.05, 3.63) is 23.3 Å². The molecule has 0 amide bonds. The molecule has 0 unspecified atom stereocenters. The standard InChI is InChI=1S/C31H52O7/c1-5-6-7-8-25-22-28(37-20-19-36-18-17-35-16-15-34-14-13-33-12-11-32)30-26-21-24(2)9-10-27(26)31(3,4)38-29(30)23-25/h22-24,26-27,32H,5-21H2,1-4H3/t24-,26+,27+/m0/s1. The van der Waals surface area contributed by atoms with Gasteiger partial charge < -0.3 is 33.5 Å². The maximum atomic E-state index is 8.65. The fourth-order valence-corrected chi connectivity index (χ4v) is 5.88. The first-order chi connectivity index (χ1) is 18.5. The molecule has 1 aliphatic heterocycles. The van der Waals surface area contributed by atoms with Gasteiger partial charge in [0.15, 0.2) is 0 Å². The van der Waals surface area contributed by atoms with Crippen LogP contribution in [0.15, 0.2) is 12.1 Å². The molecule has 1 N–H and O–H groups in total. The van der Waals surface area contributed by atoms with Crippen LogP contribution >= 0.6 is 0 Å². The Morgan fingerprint density at radius 3 is 2.13 bits per heavy atom. The van der Waals surface area contributed by atoms with Crippen molar-refractivity contribution >= 4 is 0 Å². The Morgan fingerprint density at radius 2 is 1.50 bits per heavy atom. The van der Waals surface area contributed by atoms with Gasteiger partial charge in [-0.3, -0.25) is 0 Å². The topological polar surface area (TPSA) is 75.6 Å². The van der Waals surface area contributed by atoms with E-state index < -0.39 is 0 Å². The van der Waals surface area contributed by atoms with E-state index in [1.165, 1.54) is 49.7 Å². The molecule has 218 valence electrons. The second-order valence-corrected chi connectivity index (χ2v) is 11.3. The average Bonchev–Trinajstić information content (AvgIpc) is 2.88. The van der Waals surface area contributed by atoms with Crippen LogP contribution in [0.4, 0.5) is 0 Å². The maximum Gasteiger partial charge on any atom is 0.127 e. The van der Waals surface area contributed by atoms with Crippen molar-refractivity contribution in [3.63, 3.8) is 0 Å². The lowest BCUT2D eigenvalue weighted by atomic mass is 9.64. The molecular formula is C31H52O7. The first-order valence-corrected chi connectivity index (χ1v) is 14.9. The Kier molecular flexibility index (Phi) is 13.7. The number of hydrogen-bond acceptors (Lipinski definition) is 7. The summed E-state index contributed by atoms with van der Waals surface area (Å²) in [5, 5.41) is 8.65. The summed E-state index contributed by atoms with van der Waals surface area (Å²) < 4.78 is 35.0. The number of ether oxygens (including phenoxy) is 6. The van der Waals surface area contributed by atoms with Crippen LogP contribution in [-0.2, 0) is 25.4 Å². The molecule has 7 nitrogen and oxygen atoms in total. The molecule has 0 radical (unpaired) electrons. The summed E-state index contributed by atoms with van der Waals surface area (Å²) in [4.78, 5) is 0. The smallest absolute Gasteiger partial charge is 0.127 e. The van der Waals surface area contributed by atoms with E-state index >= 15 is 0 Å². The number of unbranched alkanes of at least 4 members (excludes halogenated alkanes) is 2. The summed E-state index contributed by atoms with van der Waals surface area (Å²) in [6, 6.07) is 4.55. The van der Waals surface area contributed by atoms with E-state index in [2.05, 4.69) is 39.8 Å². The van der Waals surface area contributed by atoms with Crippen LogP contribution in [0.1, 0.15) is 83.3 Å². The quantitative estimate of drug-likeness (QED) is 0.232. The first-order valence-electron chi connectivity index (χ1n) is 14.9. The summed E-state index contributed by atoms with van der Waals surface area (Å²) in [7, 11) is 0. The first kappa shape index (κ1) is 31.2. The molecule has 2 aliphatic rings. The number of rotatable bonds is 19. The van der Waals surface area contributed by atoms with Crippen molar-refractivity contribution in [2.75, 3.05) is 66.1 Å². The summed E-state index contributed by atoms with van der Waals surface area (Å²) in [6.45, 7) is 13.7. The lowest BCUT2D eigenvalue weighted by Crippen LogP contribution is -2.46. The van der Waals surface area contributed by atoms with Gasteiger partial charge in [-0.25, -0.2) is 0 Å². The van der Waals surface area contributed by atoms with E-state index in [9.17, 15) is 0 Å². The molecule has 1 aromatic rings. The molecule has 0 spiro atoms. The van der Waals surface area contributed by atoms with Gasteiger partial charge in [0.2, 0.25) is 0 Å². The highest BCUT2D eigenvalue weighted by Crippen LogP contribution is 2.55. The van der Waals surface area contributed by atoms with Crippen molar-refractivity contribution in [3.8, 4) is 11.5 Å². The molecule has 0 saturated heterocycles. The van der Waals surface area contributed by atoms with Crippen molar-refractivity contribution in [2.24, 2.45) is 11.8 Å². The fourth-order valence-electron chi connectivity index (χ4n) is 5.88. The van der Waals surface area contributed by atoms with Gasteiger partial charge in [-0.2, -0.15) is 0 Å². The molecular weight excluding hydrogens is 484 g/mol. The second-order valence-electron chi connectivity index (χ2n) is 11.3. The Morgan fingerprint density at radius 1 is 0.868 bits per heavy atom. The number of hydrogen-bond donors (Lipinski definition) is 1. The third-order valence-electron chi connectivity index (χ3n) is 7.82. The van der Waals surface area contributed by atoms with Crippen LogP contribution in [0.2, 0.25) is 0 Å². The minimum Gasteiger partial charge on any atom is -0.491 e. The number of aliphatic hydroxyl groups is 1. The number of benzene rings is 1. The molecule has 1 fully saturated rings. The molecule has 1 aliphatic carbocycles. The van der Waals surface area contributed by atoms with Crippen LogP contribution in [0.5, 0.6) is 11.5 Å². The zero-order valence-corrected chi connectivity index (χ0v) is 24.3. The van der Waals surface area contributed by atoms with Crippen LogP contribution in [-0.4, -0.2) is 76.8 Å². The Labute approximate surface area is 230 Å². The van der Waals surface area contributed by atoms with Gasteiger partial charge in [0.05, 0.1) is 59.5 Å². The van der Waals surface area contributed by atoms with E-state index in [1.54, 1.807) is 0 Å². The molecule has 0 aromatic heterocycles. The number of aliphatic hydroxyl groups excluding tert-OH is 1. The molecule has 1 heterocycles. The zero-order valence-electron chi connectivity index (χ0n) is 24.3.